The number of nitrogens with two attached hydrogens (primary N) is 1. The van der Waals surface area contributed by atoms with Crippen LogP contribution in [0.2, 0.25) is 0 Å². The van der Waals surface area contributed by atoms with Gasteiger partial charge in [-0.2, -0.15) is 5.26 Å². The van der Waals surface area contributed by atoms with E-state index in [4.69, 9.17) is 5.73 Å². The van der Waals surface area contributed by atoms with Crippen molar-refractivity contribution in [1.29, 1.82) is 5.26 Å². The second kappa shape index (κ2) is 7.38. The van der Waals surface area contributed by atoms with Crippen molar-refractivity contribution in [2.75, 3.05) is 0 Å². The first-order valence-corrected chi connectivity index (χ1v) is 7.36. The normalized spacial score (nSPS) is 10.7. The van der Waals surface area contributed by atoms with Gasteiger partial charge in [-0.05, 0) is 29.2 Å². The average molecular weight is 329 g/mol. The lowest BCUT2D eigenvalue weighted by molar-refractivity contribution is 0.101. The molecule has 24 heavy (non-hydrogen) atoms. The highest BCUT2D eigenvalue weighted by Gasteiger charge is 2.24. The maximum absolute atomic E-state index is 12.1. The van der Waals surface area contributed by atoms with Crippen LogP contribution in [-0.4, -0.2) is 26.1 Å². The lowest BCUT2D eigenvalue weighted by atomic mass is 9.89. The number of H-pyrrole nitrogens is 1. The van der Waals surface area contributed by atoms with Gasteiger partial charge in [0, 0.05) is 17.8 Å². The zero-order valence-electron chi connectivity index (χ0n) is 13.3. The van der Waals surface area contributed by atoms with Gasteiger partial charge >= 0.3 is 0 Å². The summed E-state index contributed by atoms with van der Waals surface area (Å²) in [6.45, 7) is 0.360. The fourth-order valence-corrected chi connectivity index (χ4v) is 2.94. The van der Waals surface area contributed by atoms with Gasteiger partial charge in [0.25, 0.3) is 0 Å². The van der Waals surface area contributed by atoms with Gasteiger partial charge in [-0.25, -0.2) is 0 Å². The number of nitriles is 1. The number of ketones is 1. The number of Topliss-reactive ketones (excluding diaryl/α,β-unsaturated/α-hetero) is 1. The van der Waals surface area contributed by atoms with E-state index >= 15 is 0 Å². The minimum absolute atomic E-state index is 0.0678. The van der Waals surface area contributed by atoms with Crippen molar-refractivity contribution in [3.05, 3.63) is 45.8 Å². The lowest BCUT2D eigenvalue weighted by Gasteiger charge is -2.16. The molecule has 1 heterocycles. The predicted molar refractivity (Wildman–Crippen MR) is 86.6 cm³/mol. The first-order chi connectivity index (χ1) is 11.5. The third-order valence-corrected chi connectivity index (χ3v) is 4.03. The van der Waals surface area contributed by atoms with Crippen molar-refractivity contribution >= 4 is 5.78 Å². The van der Waals surface area contributed by atoms with Crippen molar-refractivity contribution in [2.45, 2.75) is 33.3 Å². The van der Waals surface area contributed by atoms with Crippen LogP contribution in [0.1, 0.15) is 45.4 Å². The summed E-state index contributed by atoms with van der Waals surface area (Å²) in [4.78, 5) is 14.9. The monoisotopic (exact) mass is 329 g/mol. The van der Waals surface area contributed by atoms with Crippen molar-refractivity contribution < 1.29 is 20.1 Å². The molecule has 126 valence electrons. The molecule has 0 fully saturated rings. The number of nitrogens with zero attached hydrogens (tertiary/aromatic N) is 1. The van der Waals surface area contributed by atoms with Crippen LogP contribution in [0.3, 0.4) is 0 Å². The fourth-order valence-electron chi connectivity index (χ4n) is 2.94. The minimum atomic E-state index is -0.395. The molecule has 0 saturated heterocycles. The zero-order chi connectivity index (χ0) is 17.9. The smallest absolute Gasteiger partial charge is 0.163 e. The number of carbonyl (C=O) groups is 1. The number of hydrogen-bond donors (Lipinski definition) is 5. The third kappa shape index (κ3) is 2.84. The van der Waals surface area contributed by atoms with Gasteiger partial charge in [-0.1, -0.05) is 12.1 Å². The van der Waals surface area contributed by atoms with E-state index in [1.54, 1.807) is 12.1 Å². The number of aromatic amines is 1. The molecule has 2 rings (SSSR count). The Balaban J connectivity index is 2.89. The van der Waals surface area contributed by atoms with Crippen LogP contribution in [0.5, 0.6) is 0 Å². The van der Waals surface area contributed by atoms with E-state index in [1.807, 2.05) is 6.07 Å². The SMILES string of the molecule is CC(=O)c1c(C#N)[nH]c(CN)c1-c1ccc(CO)c(CO)c1CO. The van der Waals surface area contributed by atoms with E-state index in [0.717, 1.165) is 0 Å². The van der Waals surface area contributed by atoms with Crippen LogP contribution in [0.25, 0.3) is 11.1 Å². The quantitative estimate of drug-likeness (QED) is 0.493. The number of hydrogen-bond acceptors (Lipinski definition) is 6. The second-order valence-electron chi connectivity index (χ2n) is 5.30. The molecule has 0 radical (unpaired) electrons. The lowest BCUT2D eigenvalue weighted by Crippen LogP contribution is -2.06. The number of aromatic nitrogens is 1. The highest BCUT2D eigenvalue weighted by molar-refractivity contribution is 6.04. The van der Waals surface area contributed by atoms with Crippen molar-refractivity contribution in [3.8, 4) is 17.2 Å². The summed E-state index contributed by atoms with van der Waals surface area (Å²) in [6, 6.07) is 5.21. The molecule has 2 aromatic rings. The van der Waals surface area contributed by atoms with Gasteiger partial charge < -0.3 is 26.0 Å². The molecule has 0 unspecified atom stereocenters. The van der Waals surface area contributed by atoms with Crippen LogP contribution in [0, 0.1) is 11.3 Å². The Bertz CT molecular complexity index is 818. The van der Waals surface area contributed by atoms with E-state index in [0.29, 0.717) is 33.5 Å². The molecule has 0 atom stereocenters. The molecular formula is C17H19N3O4. The summed E-state index contributed by atoms with van der Waals surface area (Å²) in [5.74, 6) is -0.307. The maximum atomic E-state index is 12.1. The first kappa shape index (κ1) is 17.8. The Morgan fingerprint density at radius 3 is 2.33 bits per heavy atom. The van der Waals surface area contributed by atoms with Gasteiger partial charge in [0.2, 0.25) is 0 Å². The summed E-state index contributed by atoms with van der Waals surface area (Å²) in [6.07, 6.45) is 0. The van der Waals surface area contributed by atoms with Gasteiger partial charge in [-0.3, -0.25) is 4.79 Å². The Morgan fingerprint density at radius 2 is 1.88 bits per heavy atom. The Kier molecular flexibility index (Phi) is 5.49. The van der Waals surface area contributed by atoms with Gasteiger partial charge in [0.15, 0.2) is 5.78 Å². The second-order valence-corrected chi connectivity index (χ2v) is 5.30. The Labute approximate surface area is 139 Å². The molecule has 0 saturated carbocycles. The summed E-state index contributed by atoms with van der Waals surface area (Å²) >= 11 is 0. The number of aliphatic hydroxyl groups excluding tert-OH is 3. The van der Waals surface area contributed by atoms with Crippen molar-refractivity contribution in [2.24, 2.45) is 5.73 Å². The molecule has 0 aliphatic heterocycles. The first-order valence-electron chi connectivity index (χ1n) is 7.36. The molecule has 0 amide bonds. The predicted octanol–water partition coefficient (Wildman–Crippen LogP) is 0.692. The van der Waals surface area contributed by atoms with E-state index in [-0.39, 0.29) is 36.8 Å². The number of benzene rings is 1. The zero-order valence-corrected chi connectivity index (χ0v) is 13.3. The van der Waals surface area contributed by atoms with Crippen molar-refractivity contribution in [3.63, 3.8) is 0 Å². The Hall–Kier alpha value is -2.50. The van der Waals surface area contributed by atoms with Gasteiger partial charge in [0.1, 0.15) is 11.8 Å². The average Bonchev–Trinajstić information content (AvgIpc) is 2.98. The molecule has 0 aliphatic carbocycles. The maximum Gasteiger partial charge on any atom is 0.163 e. The molecule has 0 aliphatic rings. The number of carbonyl (C=O) groups excluding carboxylic acids is 1. The molecule has 1 aromatic carbocycles. The van der Waals surface area contributed by atoms with E-state index in [1.165, 1.54) is 6.92 Å². The third-order valence-electron chi connectivity index (χ3n) is 4.03. The molecule has 7 nitrogen and oxygen atoms in total. The van der Waals surface area contributed by atoms with Crippen LogP contribution >= 0.6 is 0 Å². The highest BCUT2D eigenvalue weighted by Crippen LogP contribution is 2.35. The largest absolute Gasteiger partial charge is 0.392 e. The van der Waals surface area contributed by atoms with Crippen LogP contribution in [-0.2, 0) is 26.4 Å². The van der Waals surface area contributed by atoms with Crippen LogP contribution in [0.15, 0.2) is 12.1 Å². The molecule has 0 bridgehead atoms. The summed E-state index contributed by atoms with van der Waals surface area (Å²) in [7, 11) is 0. The van der Waals surface area contributed by atoms with Crippen molar-refractivity contribution in [1.82, 2.24) is 4.98 Å². The van der Waals surface area contributed by atoms with Gasteiger partial charge in [0.05, 0.1) is 25.4 Å². The number of aliphatic hydroxyl groups is 3. The van der Waals surface area contributed by atoms with Crippen LogP contribution < -0.4 is 5.73 Å². The van der Waals surface area contributed by atoms with E-state index in [9.17, 15) is 25.4 Å². The van der Waals surface area contributed by atoms with Gasteiger partial charge in [-0.15, -0.1) is 0 Å². The molecule has 6 N–H and O–H groups in total. The minimum Gasteiger partial charge on any atom is -0.392 e. The Morgan fingerprint density at radius 1 is 1.21 bits per heavy atom. The summed E-state index contributed by atoms with van der Waals surface area (Å²) in [5.41, 5.74) is 8.77. The fraction of sp³-hybridized carbons (Fsp3) is 0.294. The van der Waals surface area contributed by atoms with E-state index in [2.05, 4.69) is 4.98 Å². The molecular weight excluding hydrogens is 310 g/mol. The highest BCUT2D eigenvalue weighted by atomic mass is 16.3. The summed E-state index contributed by atoms with van der Waals surface area (Å²) < 4.78 is 0. The number of nitrogens with one attached hydrogen (secondary N) is 1. The number of rotatable bonds is 6. The molecule has 0 spiro atoms. The van der Waals surface area contributed by atoms with Crippen LogP contribution in [0.4, 0.5) is 0 Å². The molecule has 7 heteroatoms. The molecule has 1 aromatic heterocycles. The topological polar surface area (TPSA) is 143 Å². The van der Waals surface area contributed by atoms with E-state index < -0.39 is 6.61 Å². The summed E-state index contributed by atoms with van der Waals surface area (Å²) in [5, 5.41) is 38.1. The standard InChI is InChI=1S/C17H19N3O4/c1-9(24)16-14(4-18)20-15(5-19)17(16)11-3-2-10(6-21)12(7-22)13(11)8-23/h2-3,20-23H,5-8,19H2,1H3.